The van der Waals surface area contributed by atoms with Crippen LogP contribution >= 0.6 is 0 Å². The van der Waals surface area contributed by atoms with Gasteiger partial charge in [-0.15, -0.1) is 0 Å². The van der Waals surface area contributed by atoms with Crippen LogP contribution in [-0.2, 0) is 0 Å². The fourth-order valence-electron chi connectivity index (χ4n) is 1.40. The summed E-state index contributed by atoms with van der Waals surface area (Å²) < 4.78 is 0. The molecule has 0 amide bonds. The quantitative estimate of drug-likeness (QED) is 0.733. The molecule has 0 spiro atoms. The van der Waals surface area contributed by atoms with Crippen LogP contribution in [0, 0.1) is 11.3 Å². The lowest BCUT2D eigenvalue weighted by Crippen LogP contribution is -2.02. The van der Waals surface area contributed by atoms with Gasteiger partial charge >= 0.3 is 0 Å². The van der Waals surface area contributed by atoms with E-state index in [9.17, 15) is 0 Å². The van der Waals surface area contributed by atoms with Crippen molar-refractivity contribution in [1.29, 1.82) is 5.26 Å². The summed E-state index contributed by atoms with van der Waals surface area (Å²) in [4.78, 5) is 8.10. The highest BCUT2D eigenvalue weighted by atomic mass is 14.9. The van der Waals surface area contributed by atoms with Gasteiger partial charge in [0.15, 0.2) is 5.69 Å². The monoisotopic (exact) mass is 174 g/mol. The van der Waals surface area contributed by atoms with Crippen LogP contribution in [0.3, 0.4) is 0 Å². The third-order valence-electron chi connectivity index (χ3n) is 2.20. The molecule has 1 heterocycles. The van der Waals surface area contributed by atoms with Gasteiger partial charge in [-0.2, -0.15) is 5.26 Å². The van der Waals surface area contributed by atoms with Crippen LogP contribution in [0.1, 0.15) is 30.1 Å². The average molecular weight is 174 g/mol. The maximum Gasteiger partial charge on any atom is 0.167 e. The molecule has 0 atom stereocenters. The SMILES string of the molecule is CNc1c(C#N)ncnc1C1CC1. The minimum atomic E-state index is 0.444. The first kappa shape index (κ1) is 7.99. The third-order valence-corrected chi connectivity index (χ3v) is 2.20. The second kappa shape index (κ2) is 3.02. The standard InChI is InChI=1S/C9H10N4/c1-11-9-7(4-10)12-5-13-8(9)6-2-3-6/h5-6,11H,2-3H2,1H3. The predicted octanol–water partition coefficient (Wildman–Crippen LogP) is 1.27. The summed E-state index contributed by atoms with van der Waals surface area (Å²) in [6.45, 7) is 0. The van der Waals surface area contributed by atoms with Gasteiger partial charge in [0, 0.05) is 13.0 Å². The first-order valence-electron chi connectivity index (χ1n) is 4.29. The Morgan fingerprint density at radius 2 is 2.31 bits per heavy atom. The van der Waals surface area contributed by atoms with Crippen LogP contribution in [0.5, 0.6) is 0 Å². The van der Waals surface area contributed by atoms with E-state index in [2.05, 4.69) is 21.4 Å². The van der Waals surface area contributed by atoms with Crippen molar-refractivity contribution >= 4 is 5.69 Å². The fraction of sp³-hybridized carbons (Fsp3) is 0.444. The van der Waals surface area contributed by atoms with Gasteiger partial charge in [-0.05, 0) is 12.8 Å². The van der Waals surface area contributed by atoms with E-state index in [0.29, 0.717) is 11.6 Å². The molecule has 66 valence electrons. The van der Waals surface area contributed by atoms with Gasteiger partial charge in [0.2, 0.25) is 0 Å². The zero-order valence-corrected chi connectivity index (χ0v) is 7.41. The number of hydrogen-bond acceptors (Lipinski definition) is 4. The van der Waals surface area contributed by atoms with Gasteiger partial charge in [-0.1, -0.05) is 0 Å². The molecular formula is C9H10N4. The summed E-state index contributed by atoms with van der Waals surface area (Å²) in [5.74, 6) is 0.539. The van der Waals surface area contributed by atoms with E-state index >= 15 is 0 Å². The van der Waals surface area contributed by atoms with Crippen molar-refractivity contribution in [2.75, 3.05) is 12.4 Å². The van der Waals surface area contributed by atoms with Crippen LogP contribution in [0.15, 0.2) is 6.33 Å². The van der Waals surface area contributed by atoms with Gasteiger partial charge in [-0.3, -0.25) is 0 Å². The Morgan fingerprint density at radius 3 is 2.85 bits per heavy atom. The molecule has 2 rings (SSSR count). The molecule has 0 unspecified atom stereocenters. The molecule has 4 heteroatoms. The number of aromatic nitrogens is 2. The number of nitrogens with zero attached hydrogens (tertiary/aromatic N) is 3. The highest BCUT2D eigenvalue weighted by Crippen LogP contribution is 2.42. The van der Waals surface area contributed by atoms with Crippen molar-refractivity contribution in [2.45, 2.75) is 18.8 Å². The van der Waals surface area contributed by atoms with Crippen LogP contribution < -0.4 is 5.32 Å². The maximum absolute atomic E-state index is 8.80. The topological polar surface area (TPSA) is 61.6 Å². The molecule has 0 saturated heterocycles. The minimum Gasteiger partial charge on any atom is -0.384 e. The summed E-state index contributed by atoms with van der Waals surface area (Å²) in [5, 5.41) is 11.8. The molecule has 1 aliphatic carbocycles. The Bertz CT molecular complexity index is 362. The highest BCUT2D eigenvalue weighted by molar-refractivity contribution is 5.58. The number of nitrogens with one attached hydrogen (secondary N) is 1. The Hall–Kier alpha value is -1.63. The van der Waals surface area contributed by atoms with Gasteiger partial charge in [0.1, 0.15) is 12.4 Å². The molecule has 1 saturated carbocycles. The summed E-state index contributed by atoms with van der Waals surface area (Å²) in [6.07, 6.45) is 3.82. The van der Waals surface area contributed by atoms with Crippen molar-refractivity contribution in [1.82, 2.24) is 9.97 Å². The molecule has 0 radical (unpaired) electrons. The first-order chi connectivity index (χ1) is 6.36. The molecular weight excluding hydrogens is 164 g/mol. The first-order valence-corrected chi connectivity index (χ1v) is 4.29. The zero-order valence-electron chi connectivity index (χ0n) is 7.41. The summed E-state index contributed by atoms with van der Waals surface area (Å²) >= 11 is 0. The van der Waals surface area contributed by atoms with Crippen LogP contribution in [0.2, 0.25) is 0 Å². The molecule has 4 nitrogen and oxygen atoms in total. The normalized spacial score (nSPS) is 15.1. The van der Waals surface area contributed by atoms with E-state index < -0.39 is 0 Å². The van der Waals surface area contributed by atoms with E-state index in [-0.39, 0.29) is 0 Å². The van der Waals surface area contributed by atoms with Crippen LogP contribution in [0.25, 0.3) is 0 Å². The molecule has 1 fully saturated rings. The summed E-state index contributed by atoms with van der Waals surface area (Å²) in [6, 6.07) is 2.06. The molecule has 0 bridgehead atoms. The number of hydrogen-bond donors (Lipinski definition) is 1. The Kier molecular flexibility index (Phi) is 1.85. The lowest BCUT2D eigenvalue weighted by molar-refractivity contribution is 0.980. The molecule has 1 aromatic rings. The van der Waals surface area contributed by atoms with Gasteiger partial charge < -0.3 is 5.32 Å². The second-order valence-corrected chi connectivity index (χ2v) is 3.12. The molecule has 1 aliphatic rings. The zero-order chi connectivity index (χ0) is 9.26. The van der Waals surface area contributed by atoms with Crippen molar-refractivity contribution in [2.24, 2.45) is 0 Å². The molecule has 1 aromatic heterocycles. The Morgan fingerprint density at radius 1 is 1.54 bits per heavy atom. The maximum atomic E-state index is 8.80. The van der Waals surface area contributed by atoms with Crippen molar-refractivity contribution in [3.8, 4) is 6.07 Å². The number of anilines is 1. The van der Waals surface area contributed by atoms with Crippen molar-refractivity contribution in [3.63, 3.8) is 0 Å². The second-order valence-electron chi connectivity index (χ2n) is 3.12. The summed E-state index contributed by atoms with van der Waals surface area (Å²) in [5.41, 5.74) is 2.24. The lowest BCUT2D eigenvalue weighted by Gasteiger charge is -2.06. The smallest absolute Gasteiger partial charge is 0.167 e. The number of nitriles is 1. The Labute approximate surface area is 76.6 Å². The van der Waals surface area contributed by atoms with Gasteiger partial charge in [0.25, 0.3) is 0 Å². The largest absolute Gasteiger partial charge is 0.384 e. The molecule has 13 heavy (non-hydrogen) atoms. The van der Waals surface area contributed by atoms with Gasteiger partial charge in [0.05, 0.1) is 11.4 Å². The third kappa shape index (κ3) is 1.33. The summed E-state index contributed by atoms with van der Waals surface area (Å²) in [7, 11) is 1.80. The van der Waals surface area contributed by atoms with Crippen LogP contribution in [-0.4, -0.2) is 17.0 Å². The van der Waals surface area contributed by atoms with Gasteiger partial charge in [-0.25, -0.2) is 9.97 Å². The average Bonchev–Trinajstić information content (AvgIpc) is 2.99. The highest BCUT2D eigenvalue weighted by Gasteiger charge is 2.28. The molecule has 0 aliphatic heterocycles. The van der Waals surface area contributed by atoms with Crippen molar-refractivity contribution < 1.29 is 0 Å². The molecule has 0 aromatic carbocycles. The lowest BCUT2D eigenvalue weighted by atomic mass is 10.2. The number of rotatable bonds is 2. The Balaban J connectivity index is 2.49. The van der Waals surface area contributed by atoms with E-state index in [1.165, 1.54) is 19.2 Å². The molecule has 1 N–H and O–H groups in total. The predicted molar refractivity (Wildman–Crippen MR) is 48.3 cm³/mol. The van der Waals surface area contributed by atoms with E-state index in [1.54, 1.807) is 7.05 Å². The van der Waals surface area contributed by atoms with E-state index in [4.69, 9.17) is 5.26 Å². The van der Waals surface area contributed by atoms with E-state index in [1.807, 2.05) is 0 Å². The van der Waals surface area contributed by atoms with Crippen molar-refractivity contribution in [3.05, 3.63) is 17.7 Å². The fourth-order valence-corrected chi connectivity index (χ4v) is 1.40. The van der Waals surface area contributed by atoms with E-state index in [0.717, 1.165) is 11.4 Å². The minimum absolute atomic E-state index is 0.444. The van der Waals surface area contributed by atoms with Crippen LogP contribution in [0.4, 0.5) is 5.69 Å².